The molecule has 1 aliphatic rings. The summed E-state index contributed by atoms with van der Waals surface area (Å²) in [7, 11) is 3.48. The van der Waals surface area contributed by atoms with Crippen LogP contribution in [0.4, 0.5) is 4.79 Å². The van der Waals surface area contributed by atoms with Crippen molar-refractivity contribution in [2.75, 3.05) is 33.8 Å². The summed E-state index contributed by atoms with van der Waals surface area (Å²) in [6.45, 7) is 1.59. The highest BCUT2D eigenvalue weighted by molar-refractivity contribution is 5.74. The van der Waals surface area contributed by atoms with Crippen molar-refractivity contribution in [1.29, 1.82) is 0 Å². The smallest absolute Gasteiger partial charge is 0.314 e. The number of hydrogen-bond donors (Lipinski definition) is 3. The first kappa shape index (κ1) is 15.7. The van der Waals surface area contributed by atoms with E-state index in [9.17, 15) is 9.59 Å². The standard InChI is InChI=1S/C12H23N3O4/c1-15(9-3-4-9)6-5-13-12(18)14-8-10(19-2)7-11(16)17/h9-10H,3-8H2,1-2H3,(H,16,17)(H2,13,14,18). The zero-order valence-electron chi connectivity index (χ0n) is 11.5. The van der Waals surface area contributed by atoms with Gasteiger partial charge >= 0.3 is 12.0 Å². The Kier molecular flexibility index (Phi) is 6.58. The van der Waals surface area contributed by atoms with E-state index in [2.05, 4.69) is 15.5 Å². The second-order valence-corrected chi connectivity index (χ2v) is 4.80. The molecule has 1 aliphatic carbocycles. The fourth-order valence-corrected chi connectivity index (χ4v) is 1.75. The van der Waals surface area contributed by atoms with Crippen LogP contribution in [-0.4, -0.2) is 67.9 Å². The second-order valence-electron chi connectivity index (χ2n) is 4.80. The summed E-state index contributed by atoms with van der Waals surface area (Å²) in [4.78, 5) is 24.2. The number of carbonyl (C=O) groups excluding carboxylic acids is 1. The number of likely N-dealkylation sites (N-methyl/N-ethyl adjacent to an activating group) is 1. The van der Waals surface area contributed by atoms with Crippen LogP contribution in [0.3, 0.4) is 0 Å². The van der Waals surface area contributed by atoms with Crippen molar-refractivity contribution in [2.24, 2.45) is 0 Å². The fraction of sp³-hybridized carbons (Fsp3) is 0.833. The van der Waals surface area contributed by atoms with Crippen LogP contribution < -0.4 is 10.6 Å². The predicted octanol–water partition coefficient (Wildman–Crippen LogP) is -0.130. The number of rotatable bonds is 9. The third-order valence-electron chi connectivity index (χ3n) is 3.15. The Morgan fingerprint density at radius 3 is 2.63 bits per heavy atom. The summed E-state index contributed by atoms with van der Waals surface area (Å²) in [6.07, 6.45) is 1.86. The summed E-state index contributed by atoms with van der Waals surface area (Å²) in [5, 5.41) is 14.0. The van der Waals surface area contributed by atoms with Gasteiger partial charge in [-0.2, -0.15) is 0 Å². The SMILES string of the molecule is COC(CNC(=O)NCCN(C)C1CC1)CC(=O)O. The molecule has 1 atom stereocenters. The third-order valence-corrected chi connectivity index (χ3v) is 3.15. The Bertz CT molecular complexity index is 307. The molecule has 0 heterocycles. The van der Waals surface area contributed by atoms with Crippen LogP contribution in [0.5, 0.6) is 0 Å². The van der Waals surface area contributed by atoms with Crippen LogP contribution in [0.2, 0.25) is 0 Å². The number of carbonyl (C=O) groups is 2. The molecule has 0 bridgehead atoms. The average Bonchev–Trinajstić information content (AvgIpc) is 3.18. The number of carboxylic acid groups (broad SMARTS) is 1. The van der Waals surface area contributed by atoms with E-state index < -0.39 is 12.1 Å². The van der Waals surface area contributed by atoms with Crippen molar-refractivity contribution in [3.8, 4) is 0 Å². The van der Waals surface area contributed by atoms with Crippen LogP contribution in [0.1, 0.15) is 19.3 Å². The first-order chi connectivity index (χ1) is 9.02. The Labute approximate surface area is 113 Å². The molecule has 2 amide bonds. The van der Waals surface area contributed by atoms with Gasteiger partial charge in [-0.1, -0.05) is 0 Å². The van der Waals surface area contributed by atoms with Gasteiger partial charge in [-0.3, -0.25) is 4.79 Å². The highest BCUT2D eigenvalue weighted by atomic mass is 16.5. The molecule has 1 rings (SSSR count). The monoisotopic (exact) mass is 273 g/mol. The highest BCUT2D eigenvalue weighted by Crippen LogP contribution is 2.24. The first-order valence-corrected chi connectivity index (χ1v) is 6.49. The minimum atomic E-state index is -0.944. The van der Waals surface area contributed by atoms with E-state index in [0.717, 1.165) is 6.54 Å². The summed E-state index contributed by atoms with van der Waals surface area (Å²) < 4.78 is 4.96. The maximum absolute atomic E-state index is 11.5. The lowest BCUT2D eigenvalue weighted by Gasteiger charge is -2.17. The van der Waals surface area contributed by atoms with E-state index in [1.54, 1.807) is 0 Å². The van der Waals surface area contributed by atoms with Crippen molar-refractivity contribution in [1.82, 2.24) is 15.5 Å². The van der Waals surface area contributed by atoms with Crippen LogP contribution in [0.25, 0.3) is 0 Å². The summed E-state index contributed by atoms with van der Waals surface area (Å²) >= 11 is 0. The zero-order valence-corrected chi connectivity index (χ0v) is 11.5. The van der Waals surface area contributed by atoms with Crippen molar-refractivity contribution in [2.45, 2.75) is 31.4 Å². The van der Waals surface area contributed by atoms with E-state index in [1.165, 1.54) is 20.0 Å². The van der Waals surface area contributed by atoms with E-state index in [1.807, 2.05) is 7.05 Å². The molecule has 1 fully saturated rings. The lowest BCUT2D eigenvalue weighted by molar-refractivity contribution is -0.139. The van der Waals surface area contributed by atoms with Crippen molar-refractivity contribution >= 4 is 12.0 Å². The molecular formula is C12H23N3O4. The van der Waals surface area contributed by atoms with Crippen molar-refractivity contribution in [3.05, 3.63) is 0 Å². The minimum Gasteiger partial charge on any atom is -0.481 e. The third kappa shape index (κ3) is 6.97. The number of methoxy groups -OCH3 is 1. The number of amides is 2. The molecule has 7 heteroatoms. The lowest BCUT2D eigenvalue weighted by Crippen LogP contribution is -2.43. The number of aliphatic carboxylic acids is 1. The van der Waals surface area contributed by atoms with Gasteiger partial charge in [0, 0.05) is 32.8 Å². The molecule has 0 spiro atoms. The summed E-state index contributed by atoms with van der Waals surface area (Å²) in [6, 6.07) is 0.384. The van der Waals surface area contributed by atoms with Gasteiger partial charge in [0.1, 0.15) is 0 Å². The predicted molar refractivity (Wildman–Crippen MR) is 70.1 cm³/mol. The van der Waals surface area contributed by atoms with E-state index >= 15 is 0 Å². The molecule has 0 aromatic rings. The maximum atomic E-state index is 11.5. The van der Waals surface area contributed by atoms with Gasteiger partial charge < -0.3 is 25.4 Å². The molecule has 3 N–H and O–H groups in total. The molecule has 7 nitrogen and oxygen atoms in total. The minimum absolute atomic E-state index is 0.124. The number of hydrogen-bond acceptors (Lipinski definition) is 4. The van der Waals surface area contributed by atoms with Gasteiger partial charge in [-0.15, -0.1) is 0 Å². The number of nitrogens with one attached hydrogen (secondary N) is 2. The Balaban J connectivity index is 2.07. The highest BCUT2D eigenvalue weighted by Gasteiger charge is 2.25. The Morgan fingerprint density at radius 1 is 1.42 bits per heavy atom. The second kappa shape index (κ2) is 7.96. The summed E-state index contributed by atoms with van der Waals surface area (Å²) in [5.41, 5.74) is 0. The molecule has 0 radical (unpaired) electrons. The van der Waals surface area contributed by atoms with Crippen LogP contribution in [-0.2, 0) is 9.53 Å². The number of nitrogens with zero attached hydrogens (tertiary/aromatic N) is 1. The molecule has 1 saturated carbocycles. The molecule has 1 unspecified atom stereocenters. The number of urea groups is 1. The maximum Gasteiger partial charge on any atom is 0.314 e. The van der Waals surface area contributed by atoms with E-state index in [4.69, 9.17) is 9.84 Å². The van der Waals surface area contributed by atoms with E-state index in [0.29, 0.717) is 12.6 Å². The van der Waals surface area contributed by atoms with Gasteiger partial charge in [0.2, 0.25) is 0 Å². The molecular weight excluding hydrogens is 250 g/mol. The van der Waals surface area contributed by atoms with Crippen LogP contribution >= 0.6 is 0 Å². The van der Waals surface area contributed by atoms with Gasteiger partial charge in [0.25, 0.3) is 0 Å². The fourth-order valence-electron chi connectivity index (χ4n) is 1.75. The first-order valence-electron chi connectivity index (χ1n) is 6.49. The largest absolute Gasteiger partial charge is 0.481 e. The van der Waals surface area contributed by atoms with Gasteiger partial charge in [-0.25, -0.2) is 4.79 Å². The molecule has 0 aliphatic heterocycles. The molecule has 0 aromatic heterocycles. The number of carboxylic acids is 1. The molecule has 0 aromatic carbocycles. The number of ether oxygens (including phenoxy) is 1. The van der Waals surface area contributed by atoms with Crippen LogP contribution in [0.15, 0.2) is 0 Å². The van der Waals surface area contributed by atoms with Gasteiger partial charge in [0.05, 0.1) is 12.5 Å². The van der Waals surface area contributed by atoms with Gasteiger partial charge in [-0.05, 0) is 19.9 Å². The summed E-state index contributed by atoms with van der Waals surface area (Å²) in [5.74, 6) is -0.944. The molecule has 19 heavy (non-hydrogen) atoms. The molecule has 110 valence electrons. The van der Waals surface area contributed by atoms with Crippen molar-refractivity contribution < 1.29 is 19.4 Å². The van der Waals surface area contributed by atoms with Crippen molar-refractivity contribution in [3.63, 3.8) is 0 Å². The topological polar surface area (TPSA) is 90.9 Å². The zero-order chi connectivity index (χ0) is 14.3. The molecule has 0 saturated heterocycles. The van der Waals surface area contributed by atoms with Gasteiger partial charge in [0.15, 0.2) is 0 Å². The lowest BCUT2D eigenvalue weighted by atomic mass is 10.2. The quantitative estimate of drug-likeness (QED) is 0.544. The Morgan fingerprint density at radius 2 is 2.11 bits per heavy atom. The van der Waals surface area contributed by atoms with E-state index in [-0.39, 0.29) is 19.0 Å². The average molecular weight is 273 g/mol. The van der Waals surface area contributed by atoms with Crippen LogP contribution in [0, 0.1) is 0 Å². The Hall–Kier alpha value is -1.34. The normalized spacial score (nSPS) is 16.2.